The lowest BCUT2D eigenvalue weighted by Gasteiger charge is -2.38. The molecule has 30 heavy (non-hydrogen) atoms. The van der Waals surface area contributed by atoms with Crippen molar-refractivity contribution in [1.82, 2.24) is 19.6 Å². The van der Waals surface area contributed by atoms with E-state index in [2.05, 4.69) is 20.8 Å². The van der Waals surface area contributed by atoms with E-state index in [1.54, 1.807) is 0 Å². The smallest absolute Gasteiger partial charge is 0.236 e. The summed E-state index contributed by atoms with van der Waals surface area (Å²) < 4.78 is 0. The average molecular weight is 434 g/mol. The highest BCUT2D eigenvalue weighted by atomic mass is 35.5. The van der Waals surface area contributed by atoms with Crippen molar-refractivity contribution in [2.45, 2.75) is 12.8 Å². The molecule has 3 fully saturated rings. The van der Waals surface area contributed by atoms with Crippen LogP contribution in [0.3, 0.4) is 0 Å². The molecule has 0 spiro atoms. The lowest BCUT2D eigenvalue weighted by atomic mass is 10.2. The molecule has 2 amide bonds. The maximum absolute atomic E-state index is 12.8. The summed E-state index contributed by atoms with van der Waals surface area (Å²) in [6, 6.07) is 7.89. The predicted molar refractivity (Wildman–Crippen MR) is 119 cm³/mol. The van der Waals surface area contributed by atoms with Gasteiger partial charge in [0.05, 0.1) is 13.1 Å². The summed E-state index contributed by atoms with van der Waals surface area (Å²) in [5.41, 5.74) is 1.12. The van der Waals surface area contributed by atoms with Crippen molar-refractivity contribution >= 4 is 29.1 Å². The largest absolute Gasteiger partial charge is 0.368 e. The van der Waals surface area contributed by atoms with Crippen molar-refractivity contribution in [3.05, 3.63) is 29.3 Å². The molecule has 0 atom stereocenters. The summed E-state index contributed by atoms with van der Waals surface area (Å²) in [5, 5.41) is 0.743. The van der Waals surface area contributed by atoms with Gasteiger partial charge >= 0.3 is 0 Å². The van der Waals surface area contributed by atoms with Crippen molar-refractivity contribution in [3.63, 3.8) is 0 Å². The van der Waals surface area contributed by atoms with Crippen molar-refractivity contribution in [2.24, 2.45) is 0 Å². The Hall–Kier alpha value is -1.83. The van der Waals surface area contributed by atoms with Crippen LogP contribution in [0.2, 0.25) is 5.02 Å². The number of benzene rings is 1. The topological polar surface area (TPSA) is 50.3 Å². The van der Waals surface area contributed by atoms with E-state index >= 15 is 0 Å². The van der Waals surface area contributed by atoms with E-state index < -0.39 is 0 Å². The molecular formula is C22H32ClN5O2. The Morgan fingerprint density at radius 3 is 1.80 bits per heavy atom. The van der Waals surface area contributed by atoms with Crippen LogP contribution in [0, 0.1) is 0 Å². The molecule has 0 radical (unpaired) electrons. The van der Waals surface area contributed by atoms with Crippen LogP contribution >= 0.6 is 11.6 Å². The monoisotopic (exact) mass is 433 g/mol. The van der Waals surface area contributed by atoms with E-state index in [-0.39, 0.29) is 11.8 Å². The SMILES string of the molecule is O=C(CN1CCN(CC(=O)N2CCN(c3cccc(Cl)c3)CC2)CC1)N1CCCC1. The number of halogens is 1. The first-order valence-corrected chi connectivity index (χ1v) is 11.5. The molecule has 0 unspecified atom stereocenters. The average Bonchev–Trinajstić information content (AvgIpc) is 3.30. The maximum Gasteiger partial charge on any atom is 0.236 e. The molecule has 164 valence electrons. The Balaban J connectivity index is 1.17. The van der Waals surface area contributed by atoms with Crippen LogP contribution in [0.5, 0.6) is 0 Å². The second kappa shape index (κ2) is 9.98. The van der Waals surface area contributed by atoms with Crippen molar-refractivity contribution in [3.8, 4) is 0 Å². The lowest BCUT2D eigenvalue weighted by molar-refractivity contribution is -0.135. The number of piperazine rings is 2. The van der Waals surface area contributed by atoms with E-state index in [9.17, 15) is 9.59 Å². The number of anilines is 1. The van der Waals surface area contributed by atoms with Crippen molar-refractivity contribution < 1.29 is 9.59 Å². The minimum Gasteiger partial charge on any atom is -0.368 e. The van der Waals surface area contributed by atoms with Gasteiger partial charge in [-0.25, -0.2) is 0 Å². The van der Waals surface area contributed by atoms with Gasteiger partial charge in [-0.2, -0.15) is 0 Å². The number of nitrogens with zero attached hydrogens (tertiary/aromatic N) is 5. The predicted octanol–water partition coefficient (Wildman–Crippen LogP) is 1.23. The van der Waals surface area contributed by atoms with Crippen LogP contribution in [0.4, 0.5) is 5.69 Å². The Morgan fingerprint density at radius 1 is 0.733 bits per heavy atom. The molecule has 1 aromatic carbocycles. The van der Waals surface area contributed by atoms with Crippen LogP contribution in [-0.2, 0) is 9.59 Å². The zero-order valence-corrected chi connectivity index (χ0v) is 18.4. The third-order valence-electron chi connectivity index (χ3n) is 6.45. The second-order valence-electron chi connectivity index (χ2n) is 8.49. The molecule has 0 bridgehead atoms. The van der Waals surface area contributed by atoms with E-state index in [1.807, 2.05) is 28.0 Å². The molecule has 3 saturated heterocycles. The summed E-state index contributed by atoms with van der Waals surface area (Å²) in [4.78, 5) is 35.8. The lowest BCUT2D eigenvalue weighted by Crippen LogP contribution is -2.54. The van der Waals surface area contributed by atoms with E-state index in [4.69, 9.17) is 11.6 Å². The molecule has 7 nitrogen and oxygen atoms in total. The zero-order chi connectivity index (χ0) is 20.9. The number of amides is 2. The first-order chi connectivity index (χ1) is 14.6. The van der Waals surface area contributed by atoms with E-state index in [1.165, 1.54) is 0 Å². The van der Waals surface area contributed by atoms with E-state index in [0.717, 1.165) is 89.0 Å². The summed E-state index contributed by atoms with van der Waals surface area (Å²) in [6.45, 7) is 9.39. The van der Waals surface area contributed by atoms with Crippen LogP contribution in [0.15, 0.2) is 24.3 Å². The molecule has 8 heteroatoms. The van der Waals surface area contributed by atoms with Gasteiger partial charge in [0.1, 0.15) is 0 Å². The fraction of sp³-hybridized carbons (Fsp3) is 0.636. The molecule has 0 aromatic heterocycles. The molecule has 3 heterocycles. The fourth-order valence-electron chi connectivity index (χ4n) is 4.54. The molecule has 0 aliphatic carbocycles. The zero-order valence-electron chi connectivity index (χ0n) is 17.6. The van der Waals surface area contributed by atoms with Gasteiger partial charge in [-0.05, 0) is 31.0 Å². The second-order valence-corrected chi connectivity index (χ2v) is 8.92. The summed E-state index contributed by atoms with van der Waals surface area (Å²) in [6.07, 6.45) is 2.27. The highest BCUT2D eigenvalue weighted by Gasteiger charge is 2.26. The van der Waals surface area contributed by atoms with Crippen LogP contribution < -0.4 is 4.90 Å². The molecule has 0 saturated carbocycles. The van der Waals surface area contributed by atoms with Crippen LogP contribution in [-0.4, -0.2) is 110 Å². The summed E-state index contributed by atoms with van der Waals surface area (Å²) in [5.74, 6) is 0.469. The third-order valence-corrected chi connectivity index (χ3v) is 6.68. The minimum absolute atomic E-state index is 0.210. The van der Waals surface area contributed by atoms with Gasteiger partial charge in [-0.15, -0.1) is 0 Å². The molecule has 3 aliphatic rings. The Bertz CT molecular complexity index is 739. The summed E-state index contributed by atoms with van der Waals surface area (Å²) >= 11 is 6.10. The Morgan fingerprint density at radius 2 is 1.27 bits per heavy atom. The highest BCUT2D eigenvalue weighted by Crippen LogP contribution is 2.21. The number of hydrogen-bond donors (Lipinski definition) is 0. The Kier molecular flexibility index (Phi) is 7.12. The Labute approximate surface area is 184 Å². The quantitative estimate of drug-likeness (QED) is 0.699. The number of carbonyl (C=O) groups excluding carboxylic acids is 2. The number of hydrogen-bond acceptors (Lipinski definition) is 5. The van der Waals surface area contributed by atoms with Gasteiger partial charge in [-0.3, -0.25) is 19.4 Å². The molecule has 3 aliphatic heterocycles. The van der Waals surface area contributed by atoms with Gasteiger partial charge in [-0.1, -0.05) is 17.7 Å². The fourth-order valence-corrected chi connectivity index (χ4v) is 4.73. The standard InChI is InChI=1S/C22H32ClN5O2/c23-19-4-3-5-20(16-19)26-12-14-28(15-13-26)22(30)18-25-10-8-24(9-11-25)17-21(29)27-6-1-2-7-27/h3-5,16H,1-2,6-15,17-18H2. The highest BCUT2D eigenvalue weighted by molar-refractivity contribution is 6.30. The number of carbonyl (C=O) groups is 2. The van der Waals surface area contributed by atoms with Gasteiger partial charge in [0, 0.05) is 76.2 Å². The summed E-state index contributed by atoms with van der Waals surface area (Å²) in [7, 11) is 0. The number of rotatable bonds is 5. The maximum atomic E-state index is 12.8. The van der Waals surface area contributed by atoms with Crippen molar-refractivity contribution in [2.75, 3.05) is 83.4 Å². The minimum atomic E-state index is 0.210. The van der Waals surface area contributed by atoms with Crippen LogP contribution in [0.25, 0.3) is 0 Å². The van der Waals surface area contributed by atoms with Crippen LogP contribution in [0.1, 0.15) is 12.8 Å². The van der Waals surface area contributed by atoms with Gasteiger partial charge in [0.15, 0.2) is 0 Å². The van der Waals surface area contributed by atoms with Gasteiger partial charge < -0.3 is 14.7 Å². The molecule has 0 N–H and O–H groups in total. The number of likely N-dealkylation sites (tertiary alicyclic amines) is 1. The van der Waals surface area contributed by atoms with Gasteiger partial charge in [0.25, 0.3) is 0 Å². The first-order valence-electron chi connectivity index (χ1n) is 11.1. The van der Waals surface area contributed by atoms with Gasteiger partial charge in [0.2, 0.25) is 11.8 Å². The molecule has 4 rings (SSSR count). The molecule has 1 aromatic rings. The van der Waals surface area contributed by atoms with E-state index in [0.29, 0.717) is 13.1 Å². The first kappa shape index (κ1) is 21.4. The van der Waals surface area contributed by atoms with Crippen molar-refractivity contribution in [1.29, 1.82) is 0 Å². The normalized spacial score (nSPS) is 21.3. The third kappa shape index (κ3) is 5.45. The molecular weight excluding hydrogens is 402 g/mol.